The van der Waals surface area contributed by atoms with Crippen molar-refractivity contribution in [3.63, 3.8) is 0 Å². The Kier molecular flexibility index (Phi) is 10.4. The van der Waals surface area contributed by atoms with E-state index < -0.39 is 15.7 Å². The molecule has 11 nitrogen and oxygen atoms in total. The first kappa shape index (κ1) is 32.4. The van der Waals surface area contributed by atoms with Crippen LogP contribution in [0.15, 0.2) is 48.7 Å². The van der Waals surface area contributed by atoms with E-state index in [1.807, 2.05) is 19.1 Å². The molecule has 3 heterocycles. The van der Waals surface area contributed by atoms with Crippen LogP contribution in [0.4, 0.5) is 21.2 Å². The second kappa shape index (κ2) is 14.4. The van der Waals surface area contributed by atoms with Crippen LogP contribution in [0.2, 0.25) is 0 Å². The van der Waals surface area contributed by atoms with E-state index in [1.165, 1.54) is 23.7 Å². The molecular weight excluding hydrogens is 620 g/mol. The first-order valence-electron chi connectivity index (χ1n) is 14.6. The van der Waals surface area contributed by atoms with Gasteiger partial charge in [-0.05, 0) is 50.1 Å². The third-order valence-corrected chi connectivity index (χ3v) is 9.22. The monoisotopic (exact) mass is 656 g/mol. The maximum atomic E-state index is 15.1. The topological polar surface area (TPSA) is 128 Å². The Morgan fingerprint density at radius 1 is 1.04 bits per heavy atom. The Labute approximate surface area is 266 Å². The fourth-order valence-corrected chi connectivity index (χ4v) is 6.55. The maximum Gasteiger partial charge on any atom is 0.227 e. The van der Waals surface area contributed by atoms with E-state index in [1.54, 1.807) is 44.7 Å². The number of nitrogens with zero attached hydrogens (tertiary/aromatic N) is 4. The first-order valence-corrected chi connectivity index (χ1v) is 17.5. The van der Waals surface area contributed by atoms with Crippen molar-refractivity contribution in [2.24, 2.45) is 0 Å². The normalized spacial score (nSPS) is 14.2. The van der Waals surface area contributed by atoms with Crippen LogP contribution in [-0.4, -0.2) is 86.8 Å². The van der Waals surface area contributed by atoms with E-state index in [0.717, 1.165) is 15.6 Å². The smallest absolute Gasteiger partial charge is 0.227 e. The zero-order chi connectivity index (χ0) is 32.0. The maximum absolute atomic E-state index is 15.1. The van der Waals surface area contributed by atoms with Gasteiger partial charge in [0.2, 0.25) is 5.95 Å². The number of hydrogen-bond acceptors (Lipinski definition) is 12. The van der Waals surface area contributed by atoms with Crippen LogP contribution in [0.1, 0.15) is 19.8 Å². The molecule has 5 rings (SSSR count). The summed E-state index contributed by atoms with van der Waals surface area (Å²) < 4.78 is 54.9. The van der Waals surface area contributed by atoms with Gasteiger partial charge in [0.25, 0.3) is 0 Å². The number of nitrogens with one attached hydrogen (secondary N) is 2. The second-order valence-corrected chi connectivity index (χ2v) is 13.9. The third kappa shape index (κ3) is 8.59. The molecule has 0 spiro atoms. The van der Waals surface area contributed by atoms with Gasteiger partial charge in [-0.15, -0.1) is 0 Å². The number of sulfone groups is 1. The number of piperidine rings is 1. The molecule has 0 bridgehead atoms. The molecule has 1 saturated heterocycles. The molecule has 0 unspecified atom stereocenters. The van der Waals surface area contributed by atoms with Gasteiger partial charge in [0.1, 0.15) is 27.4 Å². The molecule has 240 valence electrons. The number of likely N-dealkylation sites (tertiary alicyclic amines) is 1. The van der Waals surface area contributed by atoms with Crippen molar-refractivity contribution < 1.29 is 27.0 Å². The van der Waals surface area contributed by atoms with E-state index in [0.29, 0.717) is 73.5 Å². The standard InChI is InChI=1S/C31H37FN6O5S2/c1-5-33-31-37-28(20-16-23(41-2)19-24(17-20)42-3)29(44-31)26-8-11-34-30(36-26)35-21-6-7-27(25(32)18-21)43-22-9-12-38(13-10-22)14-15-45(4,39)40/h6-8,11,16-19,22H,5,9-10,12-15H2,1-4H3,(H,33,37)(H,34,35,36). The highest BCUT2D eigenvalue weighted by atomic mass is 32.2. The van der Waals surface area contributed by atoms with E-state index in [2.05, 4.69) is 20.5 Å². The zero-order valence-electron chi connectivity index (χ0n) is 25.7. The zero-order valence-corrected chi connectivity index (χ0v) is 27.3. The number of rotatable bonds is 13. The summed E-state index contributed by atoms with van der Waals surface area (Å²) in [7, 11) is 0.197. The summed E-state index contributed by atoms with van der Waals surface area (Å²) in [6, 6.07) is 12.1. The van der Waals surface area contributed by atoms with Gasteiger partial charge in [-0.1, -0.05) is 11.3 Å². The van der Waals surface area contributed by atoms with Crippen LogP contribution in [0.25, 0.3) is 21.8 Å². The molecule has 2 N–H and O–H groups in total. The minimum absolute atomic E-state index is 0.133. The highest BCUT2D eigenvalue weighted by Gasteiger charge is 2.23. The fraction of sp³-hybridized carbons (Fsp3) is 0.387. The molecule has 0 radical (unpaired) electrons. The van der Waals surface area contributed by atoms with Gasteiger partial charge in [0.15, 0.2) is 16.7 Å². The van der Waals surface area contributed by atoms with Crippen LogP contribution < -0.4 is 24.8 Å². The molecule has 1 aliphatic rings. The van der Waals surface area contributed by atoms with E-state index in [9.17, 15) is 8.42 Å². The van der Waals surface area contributed by atoms with Crippen molar-refractivity contribution in [1.82, 2.24) is 19.9 Å². The summed E-state index contributed by atoms with van der Waals surface area (Å²) in [6.45, 7) is 4.63. The molecule has 0 atom stereocenters. The third-order valence-electron chi connectivity index (χ3n) is 7.26. The van der Waals surface area contributed by atoms with Crippen molar-refractivity contribution >= 4 is 37.9 Å². The van der Waals surface area contributed by atoms with Crippen LogP contribution in [-0.2, 0) is 9.84 Å². The lowest BCUT2D eigenvalue weighted by Crippen LogP contribution is -2.40. The number of halogens is 1. The van der Waals surface area contributed by atoms with Crippen molar-refractivity contribution in [3.05, 3.63) is 54.5 Å². The fourth-order valence-electron chi connectivity index (χ4n) is 4.93. The average molecular weight is 657 g/mol. The average Bonchev–Trinajstić information content (AvgIpc) is 3.46. The van der Waals surface area contributed by atoms with Crippen molar-refractivity contribution in [1.29, 1.82) is 0 Å². The van der Waals surface area contributed by atoms with Crippen LogP contribution in [0.5, 0.6) is 17.2 Å². The largest absolute Gasteiger partial charge is 0.497 e. The van der Waals surface area contributed by atoms with Crippen molar-refractivity contribution in [2.45, 2.75) is 25.9 Å². The second-order valence-electron chi connectivity index (χ2n) is 10.7. The Balaban J connectivity index is 1.30. The van der Waals surface area contributed by atoms with E-state index in [4.69, 9.17) is 24.2 Å². The van der Waals surface area contributed by atoms with Gasteiger partial charge in [0, 0.05) is 62.0 Å². The van der Waals surface area contributed by atoms with Gasteiger partial charge in [-0.3, -0.25) is 0 Å². The van der Waals surface area contributed by atoms with Crippen LogP contribution in [0.3, 0.4) is 0 Å². The summed E-state index contributed by atoms with van der Waals surface area (Å²) in [5.41, 5.74) is 2.65. The molecule has 2 aromatic heterocycles. The first-order chi connectivity index (χ1) is 21.6. The number of thiazole rings is 1. The van der Waals surface area contributed by atoms with Crippen molar-refractivity contribution in [3.8, 4) is 39.1 Å². The highest BCUT2D eigenvalue weighted by molar-refractivity contribution is 7.90. The van der Waals surface area contributed by atoms with Gasteiger partial charge in [-0.25, -0.2) is 27.8 Å². The molecule has 0 aliphatic carbocycles. The van der Waals surface area contributed by atoms with Gasteiger partial charge < -0.3 is 29.7 Å². The minimum atomic E-state index is -3.01. The summed E-state index contributed by atoms with van der Waals surface area (Å²) in [4.78, 5) is 16.8. The number of aromatic nitrogens is 3. The molecule has 0 amide bonds. The molecule has 4 aromatic rings. The van der Waals surface area contributed by atoms with Crippen LogP contribution in [0, 0.1) is 5.82 Å². The molecular formula is C31H37FN6O5S2. The van der Waals surface area contributed by atoms with Gasteiger partial charge in [0.05, 0.1) is 36.2 Å². The van der Waals surface area contributed by atoms with Crippen molar-refractivity contribution in [2.75, 3.05) is 63.0 Å². The molecule has 0 saturated carbocycles. The highest BCUT2D eigenvalue weighted by Crippen LogP contribution is 2.41. The number of benzene rings is 2. The van der Waals surface area contributed by atoms with E-state index in [-0.39, 0.29) is 17.6 Å². The van der Waals surface area contributed by atoms with E-state index >= 15 is 4.39 Å². The SMILES string of the molecule is CCNc1nc(-c2cc(OC)cc(OC)c2)c(-c2ccnc(Nc3ccc(OC4CCN(CCS(C)(=O)=O)CC4)c(F)c3)n2)s1. The lowest BCUT2D eigenvalue weighted by molar-refractivity contribution is 0.100. The summed E-state index contributed by atoms with van der Waals surface area (Å²) >= 11 is 1.47. The molecule has 1 aliphatic heterocycles. The van der Waals surface area contributed by atoms with Gasteiger partial charge in [-0.2, -0.15) is 0 Å². The number of anilines is 3. The minimum Gasteiger partial charge on any atom is -0.497 e. The number of hydrogen-bond donors (Lipinski definition) is 2. The Morgan fingerprint density at radius 2 is 1.78 bits per heavy atom. The molecule has 2 aromatic carbocycles. The Morgan fingerprint density at radius 3 is 2.42 bits per heavy atom. The number of methoxy groups -OCH3 is 2. The lowest BCUT2D eigenvalue weighted by Gasteiger charge is -2.32. The quantitative estimate of drug-likeness (QED) is 0.190. The Hall–Kier alpha value is -4.01. The molecule has 45 heavy (non-hydrogen) atoms. The lowest BCUT2D eigenvalue weighted by atomic mass is 10.1. The number of ether oxygens (including phenoxy) is 3. The predicted octanol–water partition coefficient (Wildman–Crippen LogP) is 5.49. The Bertz CT molecular complexity index is 1710. The van der Waals surface area contributed by atoms with Crippen LogP contribution >= 0.6 is 11.3 Å². The molecule has 14 heteroatoms. The molecule has 1 fully saturated rings. The summed E-state index contributed by atoms with van der Waals surface area (Å²) in [5.74, 6) is 1.39. The predicted molar refractivity (Wildman–Crippen MR) is 175 cm³/mol. The summed E-state index contributed by atoms with van der Waals surface area (Å²) in [5, 5.41) is 7.13. The van der Waals surface area contributed by atoms with Gasteiger partial charge >= 0.3 is 0 Å². The summed E-state index contributed by atoms with van der Waals surface area (Å²) in [6.07, 6.45) is 4.14.